The van der Waals surface area contributed by atoms with Crippen LogP contribution in [0, 0.1) is 80.8 Å². The molecule has 8 rings (SSSR count). The molecule has 4 saturated carbocycles. The highest BCUT2D eigenvalue weighted by Gasteiger charge is 2.60. The van der Waals surface area contributed by atoms with Gasteiger partial charge in [0.2, 0.25) is 0 Å². The quantitative estimate of drug-likeness (QED) is 0.285. The molecule has 0 aliphatic heterocycles. The zero-order chi connectivity index (χ0) is 37.2. The van der Waals surface area contributed by atoms with Crippen molar-refractivity contribution in [2.24, 2.45) is 80.8 Å². The Balaban J connectivity index is 0.000000162. The molecule has 0 amide bonds. The van der Waals surface area contributed by atoms with Crippen LogP contribution in [0.2, 0.25) is 0 Å². The lowest BCUT2D eigenvalue weighted by Gasteiger charge is -2.56. The summed E-state index contributed by atoms with van der Waals surface area (Å²) in [6.07, 6.45) is 31.4. The minimum atomic E-state index is -0.667. The fourth-order valence-corrected chi connectivity index (χ4v) is 15.2. The Hall–Kier alpha value is -2.23. The molecule has 4 heteroatoms. The van der Waals surface area contributed by atoms with Gasteiger partial charge in [0.15, 0.2) is 11.6 Å². The molecule has 0 aromatic carbocycles. The highest BCUT2D eigenvalue weighted by molar-refractivity contribution is 5.92. The number of carbonyl (C=O) groups excluding carboxylic acids is 2. The van der Waals surface area contributed by atoms with Crippen molar-refractivity contribution in [2.45, 2.75) is 151 Å². The predicted octanol–water partition coefficient (Wildman–Crippen LogP) is 11.8. The van der Waals surface area contributed by atoms with Crippen molar-refractivity contribution < 1.29 is 19.5 Å². The van der Waals surface area contributed by atoms with E-state index in [1.54, 1.807) is 0 Å². The summed E-state index contributed by atoms with van der Waals surface area (Å²) >= 11 is 0. The van der Waals surface area contributed by atoms with Gasteiger partial charge in [0.25, 0.3) is 0 Å². The molecule has 0 unspecified atom stereocenters. The van der Waals surface area contributed by atoms with Crippen LogP contribution in [0.1, 0.15) is 151 Å². The zero-order valence-corrected chi connectivity index (χ0v) is 33.7. The van der Waals surface area contributed by atoms with Crippen LogP contribution in [0.5, 0.6) is 0 Å². The van der Waals surface area contributed by atoms with Gasteiger partial charge in [-0.25, -0.2) is 0 Å². The molecule has 0 aromatic rings. The second-order valence-electron chi connectivity index (χ2n) is 20.4. The molecule has 14 atom stereocenters. The molecule has 4 nitrogen and oxygen atoms in total. The Kier molecular flexibility index (Phi) is 10.3. The predicted molar refractivity (Wildman–Crippen MR) is 210 cm³/mol. The van der Waals surface area contributed by atoms with E-state index in [2.05, 4.69) is 72.8 Å². The lowest BCUT2D eigenvalue weighted by Crippen LogP contribution is -2.49. The molecule has 0 heterocycles. The van der Waals surface area contributed by atoms with Gasteiger partial charge in [-0.05, 0) is 175 Å². The number of ketones is 2. The molecule has 52 heavy (non-hydrogen) atoms. The SMILES string of the molecule is CCC[C@@H](C)[C@H]1CC[C@H]2[C@@H]3C=CC4=CC(=O)CC[C@]4(C)[C@H]3CC[C@]12C.C[C@H](CCC(=O)O)[C@H]1CC[C@H]2[C@@H]3C=CC4=CC(=O)CC[C@]4(C)[C@H]3CC[C@]12C. The van der Waals surface area contributed by atoms with E-state index in [0.717, 1.165) is 55.3 Å². The van der Waals surface area contributed by atoms with E-state index in [1.165, 1.54) is 75.4 Å². The monoisotopic (exact) mass is 711 g/mol. The van der Waals surface area contributed by atoms with Gasteiger partial charge in [-0.2, -0.15) is 0 Å². The van der Waals surface area contributed by atoms with Crippen LogP contribution in [-0.4, -0.2) is 22.6 Å². The minimum Gasteiger partial charge on any atom is -0.481 e. The van der Waals surface area contributed by atoms with E-state index in [4.69, 9.17) is 5.11 Å². The van der Waals surface area contributed by atoms with Crippen LogP contribution in [-0.2, 0) is 14.4 Å². The molecule has 286 valence electrons. The number of rotatable bonds is 7. The van der Waals surface area contributed by atoms with Crippen molar-refractivity contribution in [3.8, 4) is 0 Å². The van der Waals surface area contributed by atoms with Gasteiger partial charge >= 0.3 is 5.97 Å². The maximum Gasteiger partial charge on any atom is 0.303 e. The molecule has 1 N–H and O–H groups in total. The Morgan fingerprint density at radius 2 is 1.12 bits per heavy atom. The van der Waals surface area contributed by atoms with Gasteiger partial charge in [0.1, 0.15) is 0 Å². The van der Waals surface area contributed by atoms with E-state index in [9.17, 15) is 14.4 Å². The summed E-state index contributed by atoms with van der Waals surface area (Å²) < 4.78 is 0. The number of hydrogen-bond acceptors (Lipinski definition) is 3. The first-order valence-electron chi connectivity index (χ1n) is 21.7. The second kappa shape index (κ2) is 14.1. The average molecular weight is 711 g/mol. The molecule has 0 saturated heterocycles. The highest BCUT2D eigenvalue weighted by Crippen LogP contribution is 2.68. The van der Waals surface area contributed by atoms with Gasteiger partial charge < -0.3 is 5.11 Å². The van der Waals surface area contributed by atoms with Gasteiger partial charge in [0, 0.05) is 19.3 Å². The average Bonchev–Trinajstić information content (AvgIpc) is 3.65. The molecule has 0 aromatic heterocycles. The van der Waals surface area contributed by atoms with E-state index < -0.39 is 5.97 Å². The van der Waals surface area contributed by atoms with Crippen LogP contribution in [0.4, 0.5) is 0 Å². The summed E-state index contributed by atoms with van der Waals surface area (Å²) in [4.78, 5) is 34.9. The van der Waals surface area contributed by atoms with Gasteiger partial charge in [0.05, 0.1) is 0 Å². The first-order chi connectivity index (χ1) is 24.7. The van der Waals surface area contributed by atoms with Crippen molar-refractivity contribution in [2.75, 3.05) is 0 Å². The summed E-state index contributed by atoms with van der Waals surface area (Å²) in [5.41, 5.74) is 3.91. The van der Waals surface area contributed by atoms with Crippen LogP contribution in [0.3, 0.4) is 0 Å². The summed E-state index contributed by atoms with van der Waals surface area (Å²) in [5, 5.41) is 9.07. The molecule has 8 aliphatic carbocycles. The van der Waals surface area contributed by atoms with Crippen molar-refractivity contribution in [1.82, 2.24) is 0 Å². The molecule has 0 radical (unpaired) electrons. The summed E-state index contributed by atoms with van der Waals surface area (Å²) in [7, 11) is 0. The third-order valence-corrected chi connectivity index (χ3v) is 18.1. The van der Waals surface area contributed by atoms with Crippen molar-refractivity contribution in [1.29, 1.82) is 0 Å². The molecule has 0 spiro atoms. The third-order valence-electron chi connectivity index (χ3n) is 18.1. The Labute approximate surface area is 315 Å². The van der Waals surface area contributed by atoms with E-state index in [0.29, 0.717) is 64.8 Å². The number of carboxylic acid groups (broad SMARTS) is 1. The van der Waals surface area contributed by atoms with Crippen molar-refractivity contribution in [3.05, 3.63) is 47.6 Å². The smallest absolute Gasteiger partial charge is 0.303 e. The standard InChI is InChI=1S/C24H34O3.C24H36O/c1-15(4-9-22(26)27)19-7-8-20-18-6-5-16-14-17(25)10-12-23(16,2)21(18)11-13-24(19,20)3;1-5-6-16(2)20-9-10-21-19-8-7-17-15-18(25)11-13-23(17,3)22(19)12-14-24(20,21)4/h5-6,14-15,18-21H,4,7-13H2,1-3H3,(H,26,27);7-8,15-16,19-22H,5-6,9-14H2,1-4H3/t15-,18+,19-,20+,21+,23+,24-;16-,19+,20-,21+,22+,23+,24-/m11/s1. The van der Waals surface area contributed by atoms with Gasteiger partial charge in [-0.1, -0.05) is 85.6 Å². The van der Waals surface area contributed by atoms with Crippen LogP contribution >= 0.6 is 0 Å². The lowest BCUT2D eigenvalue weighted by molar-refractivity contribution is -0.137. The number of hydrogen-bond donors (Lipinski definition) is 1. The zero-order valence-electron chi connectivity index (χ0n) is 33.7. The van der Waals surface area contributed by atoms with E-state index >= 15 is 0 Å². The topological polar surface area (TPSA) is 71.4 Å². The fourth-order valence-electron chi connectivity index (χ4n) is 15.2. The Bertz CT molecular complexity index is 1550. The number of carbonyl (C=O) groups is 3. The lowest BCUT2D eigenvalue weighted by atomic mass is 9.48. The number of aliphatic carboxylic acids is 1. The molecule has 0 bridgehead atoms. The van der Waals surface area contributed by atoms with Crippen LogP contribution < -0.4 is 0 Å². The number of carboxylic acids is 1. The summed E-state index contributed by atoms with van der Waals surface area (Å²) in [6.45, 7) is 17.1. The van der Waals surface area contributed by atoms with Crippen LogP contribution in [0.25, 0.3) is 0 Å². The van der Waals surface area contributed by atoms with Crippen LogP contribution in [0.15, 0.2) is 47.6 Å². The van der Waals surface area contributed by atoms with Gasteiger partial charge in [-0.15, -0.1) is 0 Å². The first kappa shape index (κ1) is 38.1. The normalized spacial score (nSPS) is 45.4. The molecule has 8 aliphatic rings. The van der Waals surface area contributed by atoms with Crippen molar-refractivity contribution in [3.63, 3.8) is 0 Å². The molecular formula is C48H70O4. The molecule has 4 fully saturated rings. The third kappa shape index (κ3) is 6.20. The second-order valence-corrected chi connectivity index (χ2v) is 20.4. The van der Waals surface area contributed by atoms with E-state index in [1.807, 2.05) is 12.2 Å². The largest absolute Gasteiger partial charge is 0.481 e. The van der Waals surface area contributed by atoms with Gasteiger partial charge in [-0.3, -0.25) is 14.4 Å². The maximum absolute atomic E-state index is 11.9. The molecular weight excluding hydrogens is 641 g/mol. The Morgan fingerprint density at radius 3 is 1.54 bits per heavy atom. The summed E-state index contributed by atoms with van der Waals surface area (Å²) in [5.74, 6) is 7.25. The number of allylic oxidation sites excluding steroid dienone is 8. The van der Waals surface area contributed by atoms with Crippen molar-refractivity contribution >= 4 is 17.5 Å². The maximum atomic E-state index is 11.9. The van der Waals surface area contributed by atoms with E-state index in [-0.39, 0.29) is 10.8 Å². The first-order valence-corrected chi connectivity index (χ1v) is 21.7. The number of fused-ring (bicyclic) bond motifs is 10. The highest BCUT2D eigenvalue weighted by atomic mass is 16.4. The fraction of sp³-hybridized carbons (Fsp3) is 0.771. The minimum absolute atomic E-state index is 0.168. The Morgan fingerprint density at radius 1 is 0.673 bits per heavy atom. The summed E-state index contributed by atoms with van der Waals surface area (Å²) in [6, 6.07) is 0.